The van der Waals surface area contributed by atoms with E-state index >= 15 is 0 Å². The van der Waals surface area contributed by atoms with Gasteiger partial charge in [-0.05, 0) is 48.7 Å². The first-order valence-electron chi connectivity index (χ1n) is 9.57. The molecule has 0 atom stereocenters. The van der Waals surface area contributed by atoms with Gasteiger partial charge in [-0.1, -0.05) is 50.2 Å². The second kappa shape index (κ2) is 9.60. The number of rotatable bonds is 8. The lowest BCUT2D eigenvalue weighted by atomic mass is 10.1. The molecule has 0 bridgehead atoms. The minimum atomic E-state index is -0.168. The van der Waals surface area contributed by atoms with Crippen molar-refractivity contribution < 1.29 is 9.53 Å². The summed E-state index contributed by atoms with van der Waals surface area (Å²) >= 11 is 0. The molecule has 0 heterocycles. The fourth-order valence-corrected chi connectivity index (χ4v) is 2.74. The van der Waals surface area contributed by atoms with Crippen molar-refractivity contribution in [2.24, 2.45) is 5.92 Å². The third-order valence-electron chi connectivity index (χ3n) is 4.28. The van der Waals surface area contributed by atoms with E-state index in [9.17, 15) is 4.79 Å². The molecule has 0 aliphatic carbocycles. The summed E-state index contributed by atoms with van der Waals surface area (Å²) in [4.78, 5) is 12.8. The first kappa shape index (κ1) is 19.5. The largest absolute Gasteiger partial charge is 0.494 e. The SMILES string of the molecule is CC(C)CCOc1cccc(NC(=O)c2ccccc2Nc2ccccc2)c1. The Labute approximate surface area is 166 Å². The van der Waals surface area contributed by atoms with E-state index in [4.69, 9.17) is 4.74 Å². The summed E-state index contributed by atoms with van der Waals surface area (Å²) in [5, 5.41) is 6.27. The molecule has 0 saturated heterocycles. The van der Waals surface area contributed by atoms with Gasteiger partial charge in [-0.2, -0.15) is 0 Å². The van der Waals surface area contributed by atoms with Crippen LogP contribution < -0.4 is 15.4 Å². The number of benzene rings is 3. The zero-order chi connectivity index (χ0) is 19.8. The van der Waals surface area contributed by atoms with Crippen LogP contribution in [-0.2, 0) is 0 Å². The highest BCUT2D eigenvalue weighted by Crippen LogP contribution is 2.23. The Kier molecular flexibility index (Phi) is 6.68. The summed E-state index contributed by atoms with van der Waals surface area (Å²) in [5.41, 5.74) is 2.98. The van der Waals surface area contributed by atoms with Crippen molar-refractivity contribution in [2.45, 2.75) is 20.3 Å². The van der Waals surface area contributed by atoms with Crippen molar-refractivity contribution in [1.29, 1.82) is 0 Å². The fraction of sp³-hybridized carbons (Fsp3) is 0.208. The van der Waals surface area contributed by atoms with Crippen LogP contribution in [0.3, 0.4) is 0 Å². The smallest absolute Gasteiger partial charge is 0.257 e. The minimum absolute atomic E-state index is 0.168. The van der Waals surface area contributed by atoms with Crippen molar-refractivity contribution in [3.8, 4) is 5.75 Å². The standard InChI is InChI=1S/C24H26N2O2/c1-18(2)15-16-28-21-12-8-11-20(17-21)26-24(27)22-13-6-7-14-23(22)25-19-9-4-3-5-10-19/h3-14,17-18,25H,15-16H2,1-2H3,(H,26,27). The maximum absolute atomic E-state index is 12.8. The van der Waals surface area contributed by atoms with Gasteiger partial charge in [0, 0.05) is 17.4 Å². The molecule has 0 aromatic heterocycles. The van der Waals surface area contributed by atoms with Crippen LogP contribution in [0.4, 0.5) is 17.1 Å². The van der Waals surface area contributed by atoms with Crippen molar-refractivity contribution in [3.63, 3.8) is 0 Å². The molecule has 3 aromatic carbocycles. The van der Waals surface area contributed by atoms with E-state index in [1.165, 1.54) is 0 Å². The molecule has 3 rings (SSSR count). The van der Waals surface area contributed by atoms with Gasteiger partial charge in [0.1, 0.15) is 5.75 Å². The molecule has 0 unspecified atom stereocenters. The number of carbonyl (C=O) groups excluding carboxylic acids is 1. The van der Waals surface area contributed by atoms with Crippen LogP contribution in [0.15, 0.2) is 78.9 Å². The molecule has 144 valence electrons. The van der Waals surface area contributed by atoms with Crippen molar-refractivity contribution >= 4 is 23.0 Å². The molecule has 0 aliphatic heterocycles. The quantitative estimate of drug-likeness (QED) is 0.500. The van der Waals surface area contributed by atoms with Gasteiger partial charge in [0.05, 0.1) is 17.9 Å². The van der Waals surface area contributed by atoms with Crippen LogP contribution >= 0.6 is 0 Å². The number of amides is 1. The average molecular weight is 374 g/mol. The molecule has 28 heavy (non-hydrogen) atoms. The molecule has 0 spiro atoms. The van der Waals surface area contributed by atoms with Gasteiger partial charge >= 0.3 is 0 Å². The number of hydrogen-bond donors (Lipinski definition) is 2. The van der Waals surface area contributed by atoms with Crippen molar-refractivity contribution in [2.75, 3.05) is 17.2 Å². The Hall–Kier alpha value is -3.27. The predicted octanol–water partition coefficient (Wildman–Crippen LogP) is 6.11. The highest BCUT2D eigenvalue weighted by Gasteiger charge is 2.12. The number of nitrogens with one attached hydrogen (secondary N) is 2. The molecule has 3 aromatic rings. The van der Waals surface area contributed by atoms with Gasteiger partial charge in [0.25, 0.3) is 5.91 Å². The molecule has 0 aliphatic rings. The molecule has 0 radical (unpaired) electrons. The van der Waals surface area contributed by atoms with Crippen LogP contribution in [0.5, 0.6) is 5.75 Å². The van der Waals surface area contributed by atoms with E-state index in [0.29, 0.717) is 23.8 Å². The van der Waals surface area contributed by atoms with Crippen LogP contribution in [0.2, 0.25) is 0 Å². The summed E-state index contributed by atoms with van der Waals surface area (Å²) in [7, 11) is 0. The summed E-state index contributed by atoms with van der Waals surface area (Å²) in [6.45, 7) is 5.00. The number of anilines is 3. The Bertz CT molecular complexity index is 907. The van der Waals surface area contributed by atoms with E-state index in [1.54, 1.807) is 0 Å². The van der Waals surface area contributed by atoms with Crippen molar-refractivity contribution in [1.82, 2.24) is 0 Å². The molecule has 4 nitrogen and oxygen atoms in total. The Morgan fingerprint density at radius 1 is 0.893 bits per heavy atom. The van der Waals surface area contributed by atoms with Gasteiger partial charge < -0.3 is 15.4 Å². The predicted molar refractivity (Wildman–Crippen MR) is 116 cm³/mol. The zero-order valence-electron chi connectivity index (χ0n) is 16.3. The number of carbonyl (C=O) groups is 1. The maximum Gasteiger partial charge on any atom is 0.257 e. The van der Waals surface area contributed by atoms with E-state index < -0.39 is 0 Å². The van der Waals surface area contributed by atoms with Gasteiger partial charge in [-0.15, -0.1) is 0 Å². The second-order valence-corrected chi connectivity index (χ2v) is 7.05. The van der Waals surface area contributed by atoms with E-state index in [-0.39, 0.29) is 5.91 Å². The third-order valence-corrected chi connectivity index (χ3v) is 4.28. The molecule has 0 fully saturated rings. The Morgan fingerprint density at radius 3 is 2.39 bits per heavy atom. The third kappa shape index (κ3) is 5.61. The Morgan fingerprint density at radius 2 is 1.61 bits per heavy atom. The monoisotopic (exact) mass is 374 g/mol. The lowest BCUT2D eigenvalue weighted by molar-refractivity contribution is 0.102. The van der Waals surface area contributed by atoms with Crippen LogP contribution in [0.25, 0.3) is 0 Å². The lowest BCUT2D eigenvalue weighted by Gasteiger charge is -2.13. The summed E-state index contributed by atoms with van der Waals surface area (Å²) in [5.74, 6) is 1.18. The number of para-hydroxylation sites is 2. The van der Waals surface area contributed by atoms with E-state index in [2.05, 4.69) is 24.5 Å². The highest BCUT2D eigenvalue weighted by atomic mass is 16.5. The second-order valence-electron chi connectivity index (χ2n) is 7.05. The zero-order valence-corrected chi connectivity index (χ0v) is 16.3. The normalized spacial score (nSPS) is 10.5. The molecule has 4 heteroatoms. The topological polar surface area (TPSA) is 50.4 Å². The molecule has 0 saturated carbocycles. The van der Waals surface area contributed by atoms with Gasteiger partial charge in [0.15, 0.2) is 0 Å². The molecule has 2 N–H and O–H groups in total. The summed E-state index contributed by atoms with van der Waals surface area (Å²) < 4.78 is 5.78. The first-order valence-corrected chi connectivity index (χ1v) is 9.57. The van der Waals surface area contributed by atoms with Gasteiger partial charge in [-0.25, -0.2) is 0 Å². The number of ether oxygens (including phenoxy) is 1. The molecular formula is C24H26N2O2. The molecular weight excluding hydrogens is 348 g/mol. The van der Waals surface area contributed by atoms with Crippen LogP contribution in [-0.4, -0.2) is 12.5 Å². The van der Waals surface area contributed by atoms with Crippen LogP contribution in [0.1, 0.15) is 30.6 Å². The van der Waals surface area contributed by atoms with Crippen molar-refractivity contribution in [3.05, 3.63) is 84.4 Å². The fourth-order valence-electron chi connectivity index (χ4n) is 2.74. The van der Waals surface area contributed by atoms with E-state index in [1.807, 2.05) is 78.9 Å². The van der Waals surface area contributed by atoms with E-state index in [0.717, 1.165) is 23.5 Å². The van der Waals surface area contributed by atoms with Crippen LogP contribution in [0, 0.1) is 5.92 Å². The van der Waals surface area contributed by atoms with Gasteiger partial charge in [0.2, 0.25) is 0 Å². The molecule has 1 amide bonds. The number of hydrogen-bond acceptors (Lipinski definition) is 3. The summed E-state index contributed by atoms with van der Waals surface area (Å²) in [6.07, 6.45) is 0.995. The maximum atomic E-state index is 12.8. The highest BCUT2D eigenvalue weighted by molar-refractivity contribution is 6.08. The minimum Gasteiger partial charge on any atom is -0.494 e. The average Bonchev–Trinajstić information content (AvgIpc) is 2.69. The lowest BCUT2D eigenvalue weighted by Crippen LogP contribution is -2.14. The van der Waals surface area contributed by atoms with Gasteiger partial charge in [-0.3, -0.25) is 4.79 Å². The first-order chi connectivity index (χ1) is 13.6. The Balaban J connectivity index is 1.70. The summed E-state index contributed by atoms with van der Waals surface area (Å²) in [6, 6.07) is 24.8.